The number of amides is 1. The molecule has 0 aliphatic rings. The minimum Gasteiger partial charge on any atom is -0.399 e. The van der Waals surface area contributed by atoms with Crippen LogP contribution >= 0.6 is 0 Å². The molecule has 0 bridgehead atoms. The van der Waals surface area contributed by atoms with Crippen molar-refractivity contribution in [3.05, 3.63) is 29.8 Å². The van der Waals surface area contributed by atoms with Gasteiger partial charge in [-0.25, -0.2) is 0 Å². The molecule has 0 saturated heterocycles. The Labute approximate surface area is 89.1 Å². The average Bonchev–Trinajstić information content (AvgIpc) is 2.25. The lowest BCUT2D eigenvalue weighted by Gasteiger charge is -2.04. The zero-order chi connectivity index (χ0) is 11.1. The molecular formula is C11H16N2O2. The van der Waals surface area contributed by atoms with Gasteiger partial charge in [0.1, 0.15) is 0 Å². The molecule has 4 nitrogen and oxygen atoms in total. The maximum Gasteiger partial charge on any atom is 0.251 e. The van der Waals surface area contributed by atoms with Gasteiger partial charge in [0.2, 0.25) is 0 Å². The van der Waals surface area contributed by atoms with Gasteiger partial charge >= 0.3 is 0 Å². The first-order valence-electron chi connectivity index (χ1n) is 4.98. The fraction of sp³-hybridized carbons (Fsp3) is 0.364. The number of carbonyl (C=O) groups is 1. The predicted octanol–water partition coefficient (Wildman–Crippen LogP) is 0.771. The Morgan fingerprint density at radius 1 is 1.27 bits per heavy atom. The second kappa shape index (κ2) is 6.03. The van der Waals surface area contributed by atoms with E-state index in [1.165, 1.54) is 0 Å². The number of nitrogen functional groups attached to an aromatic ring is 1. The van der Waals surface area contributed by atoms with Gasteiger partial charge in [0.25, 0.3) is 5.91 Å². The molecule has 0 spiro atoms. The van der Waals surface area contributed by atoms with Gasteiger partial charge < -0.3 is 16.2 Å². The number of unbranched alkanes of at least 4 members (excludes halogenated alkanes) is 1. The molecule has 4 N–H and O–H groups in total. The molecule has 15 heavy (non-hydrogen) atoms. The number of hydrogen-bond acceptors (Lipinski definition) is 3. The Morgan fingerprint density at radius 3 is 2.53 bits per heavy atom. The van der Waals surface area contributed by atoms with Gasteiger partial charge in [-0.15, -0.1) is 0 Å². The van der Waals surface area contributed by atoms with Crippen LogP contribution in [0, 0.1) is 0 Å². The number of nitrogens with two attached hydrogens (primary N) is 1. The fourth-order valence-corrected chi connectivity index (χ4v) is 1.18. The van der Waals surface area contributed by atoms with Crippen molar-refractivity contribution in [2.45, 2.75) is 12.8 Å². The molecule has 1 aromatic carbocycles. The van der Waals surface area contributed by atoms with E-state index in [-0.39, 0.29) is 12.5 Å². The van der Waals surface area contributed by atoms with E-state index in [1.807, 2.05) is 0 Å². The lowest BCUT2D eigenvalue weighted by molar-refractivity contribution is 0.0952. The van der Waals surface area contributed by atoms with Gasteiger partial charge in [0, 0.05) is 24.4 Å². The molecule has 0 fully saturated rings. The molecule has 0 radical (unpaired) electrons. The summed E-state index contributed by atoms with van der Waals surface area (Å²) in [4.78, 5) is 11.5. The SMILES string of the molecule is Nc1ccc(C(=O)NCCCCO)cc1. The third-order valence-corrected chi connectivity index (χ3v) is 2.04. The van der Waals surface area contributed by atoms with E-state index in [1.54, 1.807) is 24.3 Å². The van der Waals surface area contributed by atoms with Crippen molar-refractivity contribution >= 4 is 11.6 Å². The largest absolute Gasteiger partial charge is 0.399 e. The van der Waals surface area contributed by atoms with Crippen LogP contribution in [0.15, 0.2) is 24.3 Å². The number of anilines is 1. The summed E-state index contributed by atoms with van der Waals surface area (Å²) in [6, 6.07) is 6.78. The Hall–Kier alpha value is -1.55. The monoisotopic (exact) mass is 208 g/mol. The van der Waals surface area contributed by atoms with Crippen LogP contribution in [0.5, 0.6) is 0 Å². The lowest BCUT2D eigenvalue weighted by Crippen LogP contribution is -2.24. The van der Waals surface area contributed by atoms with E-state index in [4.69, 9.17) is 10.8 Å². The smallest absolute Gasteiger partial charge is 0.251 e. The van der Waals surface area contributed by atoms with E-state index in [0.29, 0.717) is 24.2 Å². The zero-order valence-corrected chi connectivity index (χ0v) is 8.57. The Bertz CT molecular complexity index is 309. The van der Waals surface area contributed by atoms with Crippen molar-refractivity contribution in [3.8, 4) is 0 Å². The summed E-state index contributed by atoms with van der Waals surface area (Å²) in [7, 11) is 0. The fourth-order valence-electron chi connectivity index (χ4n) is 1.18. The first-order valence-corrected chi connectivity index (χ1v) is 4.98. The number of nitrogens with one attached hydrogen (secondary N) is 1. The highest BCUT2D eigenvalue weighted by atomic mass is 16.2. The van der Waals surface area contributed by atoms with Gasteiger partial charge in [0.15, 0.2) is 0 Å². The van der Waals surface area contributed by atoms with Crippen molar-refractivity contribution in [1.29, 1.82) is 0 Å². The van der Waals surface area contributed by atoms with Crippen molar-refractivity contribution in [3.63, 3.8) is 0 Å². The molecule has 82 valence electrons. The molecule has 0 aromatic heterocycles. The van der Waals surface area contributed by atoms with Crippen molar-refractivity contribution in [2.75, 3.05) is 18.9 Å². The average molecular weight is 208 g/mol. The topological polar surface area (TPSA) is 75.4 Å². The van der Waals surface area contributed by atoms with E-state index in [2.05, 4.69) is 5.32 Å². The molecule has 0 aliphatic heterocycles. The van der Waals surface area contributed by atoms with Crippen LogP contribution in [0.2, 0.25) is 0 Å². The second-order valence-corrected chi connectivity index (χ2v) is 3.31. The Morgan fingerprint density at radius 2 is 1.93 bits per heavy atom. The number of hydrogen-bond donors (Lipinski definition) is 3. The number of aliphatic hydroxyl groups excluding tert-OH is 1. The van der Waals surface area contributed by atoms with Crippen LogP contribution in [-0.2, 0) is 0 Å². The Balaban J connectivity index is 2.37. The highest BCUT2D eigenvalue weighted by molar-refractivity contribution is 5.94. The summed E-state index contributed by atoms with van der Waals surface area (Å²) in [6.45, 7) is 0.751. The first kappa shape index (κ1) is 11.5. The third kappa shape index (κ3) is 3.99. The summed E-state index contributed by atoms with van der Waals surface area (Å²) in [5.41, 5.74) is 6.76. The minimum atomic E-state index is -0.104. The maximum atomic E-state index is 11.5. The molecular weight excluding hydrogens is 192 g/mol. The Kier molecular flexibility index (Phi) is 4.63. The number of rotatable bonds is 5. The summed E-state index contributed by atoms with van der Waals surface area (Å²) >= 11 is 0. The van der Waals surface area contributed by atoms with E-state index < -0.39 is 0 Å². The quantitative estimate of drug-likeness (QED) is 0.494. The summed E-state index contributed by atoms with van der Waals surface area (Å²) in [6.07, 6.45) is 1.50. The molecule has 4 heteroatoms. The van der Waals surface area contributed by atoms with Crippen molar-refractivity contribution in [2.24, 2.45) is 0 Å². The number of benzene rings is 1. The maximum absolute atomic E-state index is 11.5. The van der Waals surface area contributed by atoms with Crippen LogP contribution in [-0.4, -0.2) is 24.2 Å². The molecule has 1 amide bonds. The van der Waals surface area contributed by atoms with Gasteiger partial charge in [-0.1, -0.05) is 0 Å². The molecule has 0 heterocycles. The molecule has 0 saturated carbocycles. The predicted molar refractivity (Wildman–Crippen MR) is 59.5 cm³/mol. The van der Waals surface area contributed by atoms with Gasteiger partial charge in [-0.05, 0) is 37.1 Å². The number of aliphatic hydroxyl groups is 1. The molecule has 1 rings (SSSR count). The van der Waals surface area contributed by atoms with Crippen molar-refractivity contribution < 1.29 is 9.90 Å². The summed E-state index contributed by atoms with van der Waals surface area (Å²) < 4.78 is 0. The van der Waals surface area contributed by atoms with Crippen LogP contribution < -0.4 is 11.1 Å². The van der Waals surface area contributed by atoms with Crippen LogP contribution in [0.1, 0.15) is 23.2 Å². The van der Waals surface area contributed by atoms with Gasteiger partial charge in [0.05, 0.1) is 0 Å². The first-order chi connectivity index (χ1) is 7.24. The zero-order valence-electron chi connectivity index (χ0n) is 8.57. The summed E-state index contributed by atoms with van der Waals surface area (Å²) in [5.74, 6) is -0.104. The number of carbonyl (C=O) groups excluding carboxylic acids is 1. The van der Waals surface area contributed by atoms with Crippen LogP contribution in [0.4, 0.5) is 5.69 Å². The van der Waals surface area contributed by atoms with Gasteiger partial charge in [-0.2, -0.15) is 0 Å². The third-order valence-electron chi connectivity index (χ3n) is 2.04. The normalized spacial score (nSPS) is 9.93. The highest BCUT2D eigenvalue weighted by Gasteiger charge is 2.03. The van der Waals surface area contributed by atoms with Crippen molar-refractivity contribution in [1.82, 2.24) is 5.32 Å². The molecule has 0 unspecified atom stereocenters. The van der Waals surface area contributed by atoms with E-state index in [0.717, 1.165) is 6.42 Å². The minimum absolute atomic E-state index is 0.104. The van der Waals surface area contributed by atoms with Crippen LogP contribution in [0.25, 0.3) is 0 Å². The van der Waals surface area contributed by atoms with Gasteiger partial charge in [-0.3, -0.25) is 4.79 Å². The lowest BCUT2D eigenvalue weighted by atomic mass is 10.2. The molecule has 0 aliphatic carbocycles. The molecule has 1 aromatic rings. The van der Waals surface area contributed by atoms with E-state index in [9.17, 15) is 4.79 Å². The second-order valence-electron chi connectivity index (χ2n) is 3.31. The van der Waals surface area contributed by atoms with Crippen LogP contribution in [0.3, 0.4) is 0 Å². The molecule has 0 atom stereocenters. The highest BCUT2D eigenvalue weighted by Crippen LogP contribution is 2.04. The standard InChI is InChI=1S/C11H16N2O2/c12-10-5-3-9(4-6-10)11(15)13-7-1-2-8-14/h3-6,14H,1-2,7-8,12H2,(H,13,15). The summed E-state index contributed by atoms with van der Waals surface area (Å²) in [5, 5.41) is 11.3. The van der Waals surface area contributed by atoms with E-state index >= 15 is 0 Å².